The van der Waals surface area contributed by atoms with E-state index in [1.165, 1.54) is 12.1 Å². The Bertz CT molecular complexity index is 1370. The summed E-state index contributed by atoms with van der Waals surface area (Å²) >= 11 is 0. The van der Waals surface area contributed by atoms with E-state index < -0.39 is 35.8 Å². The molecule has 0 spiro atoms. The summed E-state index contributed by atoms with van der Waals surface area (Å²) in [4.78, 5) is 56.4. The lowest BCUT2D eigenvalue weighted by Crippen LogP contribution is -2.47. The van der Waals surface area contributed by atoms with Gasteiger partial charge < -0.3 is 14.9 Å². The Kier molecular flexibility index (Phi) is 6.15. The Morgan fingerprint density at radius 1 is 0.763 bits per heavy atom. The summed E-state index contributed by atoms with van der Waals surface area (Å²) in [6.07, 6.45) is 2.01. The zero-order chi connectivity index (χ0) is 26.2. The van der Waals surface area contributed by atoms with Crippen LogP contribution >= 0.6 is 0 Å². The van der Waals surface area contributed by atoms with Gasteiger partial charge in [-0.1, -0.05) is 78.6 Å². The molecular formula is C30H26N2O6. The molecule has 1 N–H and O–H groups in total. The molecule has 0 unspecified atom stereocenters. The summed E-state index contributed by atoms with van der Waals surface area (Å²) in [5.41, 5.74) is 4.90. The number of fused-ring (bicyclic) bond motifs is 4. The van der Waals surface area contributed by atoms with Crippen LogP contribution in [0.25, 0.3) is 11.1 Å². The number of alkyl carbamates (subject to hydrolysis) is 1. The molecule has 1 saturated carbocycles. The fraction of sp³-hybridized carbons (Fsp3) is 0.267. The first-order chi connectivity index (χ1) is 18.5. The molecule has 3 aromatic carbocycles. The van der Waals surface area contributed by atoms with Crippen molar-refractivity contribution in [3.05, 3.63) is 95.1 Å². The van der Waals surface area contributed by atoms with Gasteiger partial charge in [-0.15, -0.1) is 0 Å². The Balaban J connectivity index is 1.10. The van der Waals surface area contributed by atoms with Gasteiger partial charge in [-0.05, 0) is 47.2 Å². The second kappa shape index (κ2) is 9.78. The fourth-order valence-corrected chi connectivity index (χ4v) is 5.78. The summed E-state index contributed by atoms with van der Waals surface area (Å²) in [5.74, 6) is -2.84. The van der Waals surface area contributed by atoms with Crippen LogP contribution in [0.3, 0.4) is 0 Å². The molecule has 1 aliphatic heterocycles. The van der Waals surface area contributed by atoms with Gasteiger partial charge in [0.1, 0.15) is 6.61 Å². The first-order valence-corrected chi connectivity index (χ1v) is 12.8. The second-order valence-electron chi connectivity index (χ2n) is 9.83. The summed E-state index contributed by atoms with van der Waals surface area (Å²) < 4.78 is 5.66. The predicted molar refractivity (Wildman–Crippen MR) is 137 cm³/mol. The molecule has 0 aromatic heterocycles. The molecule has 0 radical (unpaired) electrons. The summed E-state index contributed by atoms with van der Waals surface area (Å²) in [6.45, 7) is 0.163. The van der Waals surface area contributed by atoms with E-state index >= 15 is 0 Å². The average molecular weight is 511 g/mol. The van der Waals surface area contributed by atoms with E-state index in [0.29, 0.717) is 17.9 Å². The lowest BCUT2D eigenvalue weighted by molar-refractivity contribution is -0.175. The maximum absolute atomic E-state index is 13.1. The molecule has 192 valence electrons. The lowest BCUT2D eigenvalue weighted by Gasteiger charge is -2.30. The maximum Gasteiger partial charge on any atom is 0.407 e. The Hall–Kier alpha value is -4.46. The number of rotatable bonds is 5. The van der Waals surface area contributed by atoms with Crippen LogP contribution < -0.4 is 5.32 Å². The SMILES string of the molecule is O=C(N[C@@H]1CCCC[C@@H]1C(=O)ON1C(=O)c2ccccc2C1=O)OCC1c2ccccc2-c2ccccc21. The van der Waals surface area contributed by atoms with Gasteiger partial charge in [-0.3, -0.25) is 9.59 Å². The average Bonchev–Trinajstić information content (AvgIpc) is 3.39. The minimum atomic E-state index is -0.719. The van der Waals surface area contributed by atoms with Gasteiger partial charge in [0.05, 0.1) is 17.0 Å². The van der Waals surface area contributed by atoms with Crippen LogP contribution in [0.1, 0.15) is 63.4 Å². The van der Waals surface area contributed by atoms with Crippen LogP contribution in [-0.4, -0.2) is 41.6 Å². The number of nitrogens with zero attached hydrogens (tertiary/aromatic N) is 1. The highest BCUT2D eigenvalue weighted by atomic mass is 16.7. The van der Waals surface area contributed by atoms with Crippen molar-refractivity contribution >= 4 is 23.9 Å². The number of hydrogen-bond donors (Lipinski definition) is 1. The molecule has 3 aliphatic rings. The first kappa shape index (κ1) is 23.9. The second-order valence-corrected chi connectivity index (χ2v) is 9.83. The highest BCUT2D eigenvalue weighted by Crippen LogP contribution is 2.44. The van der Waals surface area contributed by atoms with Gasteiger partial charge >= 0.3 is 12.1 Å². The van der Waals surface area contributed by atoms with Crippen molar-refractivity contribution in [1.29, 1.82) is 0 Å². The number of hydrogen-bond acceptors (Lipinski definition) is 6. The zero-order valence-corrected chi connectivity index (χ0v) is 20.6. The minimum absolute atomic E-state index is 0.0749. The fourth-order valence-electron chi connectivity index (χ4n) is 5.78. The summed E-state index contributed by atoms with van der Waals surface area (Å²) in [6, 6.07) is 22.0. The number of nitrogens with one attached hydrogen (secondary N) is 1. The Morgan fingerprint density at radius 2 is 1.29 bits per heavy atom. The topological polar surface area (TPSA) is 102 Å². The van der Waals surface area contributed by atoms with Gasteiger partial charge in [0, 0.05) is 12.0 Å². The van der Waals surface area contributed by atoms with E-state index in [0.717, 1.165) is 35.1 Å². The van der Waals surface area contributed by atoms with Crippen molar-refractivity contribution in [2.45, 2.75) is 37.6 Å². The molecule has 1 fully saturated rings. The van der Waals surface area contributed by atoms with Crippen LogP contribution in [0.4, 0.5) is 4.79 Å². The van der Waals surface area contributed by atoms with Crippen molar-refractivity contribution in [2.75, 3.05) is 6.61 Å². The molecule has 1 heterocycles. The van der Waals surface area contributed by atoms with Gasteiger partial charge in [0.25, 0.3) is 11.8 Å². The highest BCUT2D eigenvalue weighted by Gasteiger charge is 2.42. The van der Waals surface area contributed by atoms with Crippen molar-refractivity contribution in [1.82, 2.24) is 10.4 Å². The van der Waals surface area contributed by atoms with Gasteiger partial charge in [0.2, 0.25) is 0 Å². The van der Waals surface area contributed by atoms with Crippen molar-refractivity contribution in [2.24, 2.45) is 5.92 Å². The van der Waals surface area contributed by atoms with E-state index in [1.807, 2.05) is 36.4 Å². The molecule has 2 aliphatic carbocycles. The molecule has 3 aromatic rings. The lowest BCUT2D eigenvalue weighted by atomic mass is 9.84. The molecule has 8 nitrogen and oxygen atoms in total. The Labute approximate surface area is 219 Å². The number of hydroxylamine groups is 2. The number of benzene rings is 3. The smallest absolute Gasteiger partial charge is 0.407 e. The van der Waals surface area contributed by atoms with Crippen LogP contribution in [0.2, 0.25) is 0 Å². The van der Waals surface area contributed by atoms with Gasteiger partial charge in [-0.25, -0.2) is 9.59 Å². The van der Waals surface area contributed by atoms with Crippen LogP contribution in [0.5, 0.6) is 0 Å². The third-order valence-corrected chi connectivity index (χ3v) is 7.65. The number of ether oxygens (including phenoxy) is 1. The third kappa shape index (κ3) is 4.12. The highest BCUT2D eigenvalue weighted by molar-refractivity contribution is 6.20. The van der Waals surface area contributed by atoms with E-state index in [-0.39, 0.29) is 23.7 Å². The van der Waals surface area contributed by atoms with Crippen LogP contribution in [0, 0.1) is 5.92 Å². The minimum Gasteiger partial charge on any atom is -0.449 e. The maximum atomic E-state index is 13.1. The van der Waals surface area contributed by atoms with E-state index in [2.05, 4.69) is 17.4 Å². The van der Waals surface area contributed by atoms with Crippen molar-refractivity contribution in [3.63, 3.8) is 0 Å². The quantitative estimate of drug-likeness (QED) is 0.493. The monoisotopic (exact) mass is 510 g/mol. The summed E-state index contributed by atoms with van der Waals surface area (Å²) in [5, 5.41) is 3.36. The molecule has 3 amide bonds. The van der Waals surface area contributed by atoms with Crippen LogP contribution in [-0.2, 0) is 14.4 Å². The molecule has 2 atom stereocenters. The van der Waals surface area contributed by atoms with Crippen LogP contribution in [0.15, 0.2) is 72.8 Å². The van der Waals surface area contributed by atoms with Crippen molar-refractivity contribution in [3.8, 4) is 11.1 Å². The van der Waals surface area contributed by atoms with Gasteiger partial charge in [-0.2, -0.15) is 0 Å². The molecule has 8 heteroatoms. The molecule has 0 bridgehead atoms. The number of carbonyl (C=O) groups excluding carboxylic acids is 4. The van der Waals surface area contributed by atoms with Gasteiger partial charge in [0.15, 0.2) is 0 Å². The third-order valence-electron chi connectivity index (χ3n) is 7.65. The molecule has 0 saturated heterocycles. The van der Waals surface area contributed by atoms with Crippen molar-refractivity contribution < 1.29 is 28.8 Å². The normalized spacial score (nSPS) is 19.9. The van der Waals surface area contributed by atoms with E-state index in [9.17, 15) is 19.2 Å². The molecule has 6 rings (SSSR count). The summed E-state index contributed by atoms with van der Waals surface area (Å²) in [7, 11) is 0. The number of imide groups is 1. The number of carbonyl (C=O) groups is 4. The molecule has 38 heavy (non-hydrogen) atoms. The zero-order valence-electron chi connectivity index (χ0n) is 20.6. The van der Waals surface area contributed by atoms with E-state index in [1.54, 1.807) is 12.1 Å². The molecular weight excluding hydrogens is 484 g/mol. The van der Waals surface area contributed by atoms with E-state index in [4.69, 9.17) is 9.57 Å². The number of amides is 3. The first-order valence-electron chi connectivity index (χ1n) is 12.8. The standard InChI is InChI=1S/C30H26N2O6/c33-27-22-13-5-6-14-23(22)28(34)32(27)38-29(35)24-15-7-8-16-26(24)31-30(36)37-17-25-20-11-3-1-9-18(20)19-10-2-4-12-21(19)25/h1-6,9-14,24-26H,7-8,15-17H2,(H,31,36)/t24-,26+/m0/s1. The largest absolute Gasteiger partial charge is 0.449 e. The predicted octanol–water partition coefficient (Wildman–Crippen LogP) is 4.84. The Morgan fingerprint density at radius 3 is 1.89 bits per heavy atom.